The van der Waals surface area contributed by atoms with Crippen molar-refractivity contribution in [1.82, 2.24) is 9.80 Å². The molecule has 174 valence electrons. The smallest absolute Gasteiger partial charge is 0.339 e. The topological polar surface area (TPSA) is 66.9 Å². The molecule has 0 N–H and O–H groups in total. The molecule has 3 aromatic carbocycles. The fourth-order valence-electron chi connectivity index (χ4n) is 3.00. The largest absolute Gasteiger partial charge is 0.379 e. The van der Waals surface area contributed by atoms with Gasteiger partial charge in [-0.1, -0.05) is 23.7 Å². The maximum Gasteiger partial charge on any atom is 0.339 e. The van der Waals surface area contributed by atoms with Gasteiger partial charge >= 0.3 is 10.1 Å². The summed E-state index contributed by atoms with van der Waals surface area (Å²) in [6.07, 6.45) is 0. The van der Waals surface area contributed by atoms with Gasteiger partial charge in [0, 0.05) is 30.2 Å². The van der Waals surface area contributed by atoms with E-state index < -0.39 is 15.9 Å². The summed E-state index contributed by atoms with van der Waals surface area (Å²) in [5.74, 6) is -0.551. The number of halogens is 2. The first-order valence-corrected chi connectivity index (χ1v) is 11.9. The summed E-state index contributed by atoms with van der Waals surface area (Å²) in [6, 6.07) is 17.6. The second-order valence-corrected chi connectivity index (χ2v) is 9.65. The Labute approximate surface area is 198 Å². The quantitative estimate of drug-likeness (QED) is 0.414. The lowest BCUT2D eigenvalue weighted by Crippen LogP contribution is -2.36. The zero-order valence-corrected chi connectivity index (χ0v) is 19.8. The SMILES string of the molecule is CN(C)CCN(Cc1ccc(OS(=O)(=O)c2ccc(F)cc2)cc1)C(=O)c1ccc(Cl)cc1. The molecule has 0 aliphatic carbocycles. The molecule has 1 amide bonds. The minimum atomic E-state index is -4.08. The molecule has 6 nitrogen and oxygen atoms in total. The number of likely N-dealkylation sites (N-methyl/N-ethyl adjacent to an activating group) is 1. The van der Waals surface area contributed by atoms with Crippen molar-refractivity contribution in [3.05, 3.63) is 94.8 Å². The van der Waals surface area contributed by atoms with Gasteiger partial charge < -0.3 is 14.0 Å². The van der Waals surface area contributed by atoms with E-state index in [0.717, 1.165) is 29.8 Å². The molecular weight excluding hydrogens is 467 g/mol. The lowest BCUT2D eigenvalue weighted by Gasteiger charge is -2.25. The van der Waals surface area contributed by atoms with Crippen LogP contribution in [0.5, 0.6) is 5.75 Å². The molecule has 0 saturated heterocycles. The average molecular weight is 491 g/mol. The maximum absolute atomic E-state index is 13.1. The van der Waals surface area contributed by atoms with Crippen LogP contribution in [0.25, 0.3) is 0 Å². The lowest BCUT2D eigenvalue weighted by molar-refractivity contribution is 0.0732. The second kappa shape index (κ2) is 10.8. The second-order valence-electron chi connectivity index (χ2n) is 7.67. The first-order chi connectivity index (χ1) is 15.6. The van der Waals surface area contributed by atoms with E-state index in [-0.39, 0.29) is 16.6 Å². The summed E-state index contributed by atoms with van der Waals surface area (Å²) in [5.41, 5.74) is 1.34. The van der Waals surface area contributed by atoms with Gasteiger partial charge in [0.15, 0.2) is 0 Å². The van der Waals surface area contributed by atoms with Crippen LogP contribution in [-0.4, -0.2) is 51.3 Å². The van der Waals surface area contributed by atoms with Crippen LogP contribution in [-0.2, 0) is 16.7 Å². The van der Waals surface area contributed by atoms with Gasteiger partial charge in [0.1, 0.15) is 16.5 Å². The van der Waals surface area contributed by atoms with Crippen molar-refractivity contribution in [3.8, 4) is 5.75 Å². The molecule has 0 aliphatic rings. The van der Waals surface area contributed by atoms with Crippen LogP contribution >= 0.6 is 11.6 Å². The number of carbonyl (C=O) groups excluding carboxylic acids is 1. The lowest BCUT2D eigenvalue weighted by atomic mass is 10.1. The number of hydrogen-bond donors (Lipinski definition) is 0. The van der Waals surface area contributed by atoms with Crippen LogP contribution < -0.4 is 4.18 Å². The molecule has 0 spiro atoms. The van der Waals surface area contributed by atoms with E-state index in [1.54, 1.807) is 41.3 Å². The van der Waals surface area contributed by atoms with Crippen molar-refractivity contribution in [2.75, 3.05) is 27.2 Å². The van der Waals surface area contributed by atoms with Gasteiger partial charge in [-0.25, -0.2) is 4.39 Å². The van der Waals surface area contributed by atoms with E-state index in [9.17, 15) is 17.6 Å². The number of nitrogens with zero attached hydrogens (tertiary/aromatic N) is 2. The summed E-state index contributed by atoms with van der Waals surface area (Å²) in [6.45, 7) is 1.52. The molecule has 0 bridgehead atoms. The Kier molecular flexibility index (Phi) is 8.07. The van der Waals surface area contributed by atoms with Crippen molar-refractivity contribution < 1.29 is 21.8 Å². The van der Waals surface area contributed by atoms with Gasteiger partial charge in [0.05, 0.1) is 0 Å². The van der Waals surface area contributed by atoms with Crippen molar-refractivity contribution in [3.63, 3.8) is 0 Å². The summed E-state index contributed by atoms with van der Waals surface area (Å²) in [5, 5.41) is 0.553. The number of amides is 1. The van der Waals surface area contributed by atoms with Gasteiger partial charge in [-0.15, -0.1) is 0 Å². The maximum atomic E-state index is 13.1. The summed E-state index contributed by atoms with van der Waals surface area (Å²) >= 11 is 5.93. The number of carbonyl (C=O) groups is 1. The minimum absolute atomic E-state index is 0.118. The van der Waals surface area contributed by atoms with Crippen LogP contribution in [0.4, 0.5) is 4.39 Å². The highest BCUT2D eigenvalue weighted by Crippen LogP contribution is 2.21. The first-order valence-electron chi connectivity index (χ1n) is 10.1. The summed E-state index contributed by atoms with van der Waals surface area (Å²) < 4.78 is 43.0. The predicted molar refractivity (Wildman–Crippen MR) is 125 cm³/mol. The highest BCUT2D eigenvalue weighted by molar-refractivity contribution is 7.87. The number of rotatable bonds is 9. The summed E-state index contributed by atoms with van der Waals surface area (Å²) in [7, 11) is -0.226. The number of hydrogen-bond acceptors (Lipinski definition) is 5. The van der Waals surface area contributed by atoms with Crippen molar-refractivity contribution >= 4 is 27.6 Å². The zero-order valence-electron chi connectivity index (χ0n) is 18.2. The van der Waals surface area contributed by atoms with Crippen LogP contribution in [0.15, 0.2) is 77.7 Å². The molecule has 3 rings (SSSR count). The van der Waals surface area contributed by atoms with Gasteiger partial charge in [-0.05, 0) is 80.3 Å². The fourth-order valence-corrected chi connectivity index (χ4v) is 4.05. The standard InChI is InChI=1S/C24H24ClFN2O4S/c1-27(2)15-16-28(24(29)19-5-7-20(25)8-6-19)17-18-3-11-22(12-4-18)32-33(30,31)23-13-9-21(26)10-14-23/h3-14H,15-17H2,1-2H3. The highest BCUT2D eigenvalue weighted by Gasteiger charge is 2.18. The van der Waals surface area contributed by atoms with Gasteiger partial charge in [-0.3, -0.25) is 4.79 Å². The van der Waals surface area contributed by atoms with E-state index in [2.05, 4.69) is 0 Å². The molecule has 0 aliphatic heterocycles. The molecule has 9 heteroatoms. The molecule has 0 atom stereocenters. The Balaban J connectivity index is 1.73. The summed E-state index contributed by atoms with van der Waals surface area (Å²) in [4.78, 5) is 16.6. The van der Waals surface area contributed by atoms with E-state index >= 15 is 0 Å². The number of benzene rings is 3. The molecule has 0 unspecified atom stereocenters. The third-order valence-corrected chi connectivity index (χ3v) is 6.31. The molecule has 33 heavy (non-hydrogen) atoms. The Morgan fingerprint density at radius 1 is 0.909 bits per heavy atom. The molecular formula is C24H24ClFN2O4S. The third-order valence-electron chi connectivity index (χ3n) is 4.80. The zero-order chi connectivity index (χ0) is 24.0. The van der Waals surface area contributed by atoms with Crippen molar-refractivity contribution in [2.45, 2.75) is 11.4 Å². The van der Waals surface area contributed by atoms with Crippen molar-refractivity contribution in [2.24, 2.45) is 0 Å². The van der Waals surface area contributed by atoms with E-state index in [1.165, 1.54) is 12.1 Å². The predicted octanol–water partition coefficient (Wildman–Crippen LogP) is 4.45. The van der Waals surface area contributed by atoms with E-state index in [1.807, 2.05) is 19.0 Å². The third kappa shape index (κ3) is 7.02. The molecule has 0 saturated carbocycles. The minimum Gasteiger partial charge on any atom is -0.379 e. The monoisotopic (exact) mass is 490 g/mol. The average Bonchev–Trinajstić information content (AvgIpc) is 2.78. The Bertz CT molecular complexity index is 1180. The first kappa shape index (κ1) is 24.7. The van der Waals surface area contributed by atoms with Crippen LogP contribution in [0.2, 0.25) is 5.02 Å². The molecule has 0 radical (unpaired) electrons. The Morgan fingerprint density at radius 3 is 2.09 bits per heavy atom. The fraction of sp³-hybridized carbons (Fsp3) is 0.208. The Hall–Kier alpha value is -2.94. The van der Waals surface area contributed by atoms with E-state index in [0.29, 0.717) is 30.2 Å². The highest BCUT2D eigenvalue weighted by atomic mass is 35.5. The van der Waals surface area contributed by atoms with Crippen LogP contribution in [0, 0.1) is 5.82 Å². The van der Waals surface area contributed by atoms with Crippen LogP contribution in [0.1, 0.15) is 15.9 Å². The van der Waals surface area contributed by atoms with Crippen LogP contribution in [0.3, 0.4) is 0 Å². The molecule has 3 aromatic rings. The van der Waals surface area contributed by atoms with Gasteiger partial charge in [0.2, 0.25) is 0 Å². The molecule has 0 heterocycles. The van der Waals surface area contributed by atoms with Gasteiger partial charge in [-0.2, -0.15) is 8.42 Å². The normalized spacial score (nSPS) is 11.4. The van der Waals surface area contributed by atoms with Crippen molar-refractivity contribution in [1.29, 1.82) is 0 Å². The Morgan fingerprint density at radius 2 is 1.52 bits per heavy atom. The van der Waals surface area contributed by atoms with E-state index in [4.69, 9.17) is 15.8 Å². The molecule has 0 aromatic heterocycles. The van der Waals surface area contributed by atoms with Gasteiger partial charge in [0.25, 0.3) is 5.91 Å². The molecule has 0 fully saturated rings.